The Morgan fingerprint density at radius 1 is 1.34 bits per heavy atom. The second kappa shape index (κ2) is 8.26. The van der Waals surface area contributed by atoms with Crippen LogP contribution >= 0.6 is 0 Å². The van der Waals surface area contributed by atoms with Crippen molar-refractivity contribution in [2.75, 3.05) is 20.2 Å². The van der Waals surface area contributed by atoms with E-state index < -0.39 is 18.2 Å². The second-order valence-corrected chi connectivity index (χ2v) is 7.23. The molecule has 1 aliphatic heterocycles. The molecular weight excluding hydrogens is 375 g/mol. The first kappa shape index (κ1) is 19.5. The second-order valence-electron chi connectivity index (χ2n) is 7.23. The number of ether oxygens (including phenoxy) is 2. The summed E-state index contributed by atoms with van der Waals surface area (Å²) < 4.78 is 25.0. The summed E-state index contributed by atoms with van der Waals surface area (Å²) in [5.41, 5.74) is 3.92. The molecule has 4 rings (SSSR count). The topological polar surface area (TPSA) is 80.3 Å². The number of hydrogen-bond acceptors (Lipinski definition) is 6. The fourth-order valence-corrected chi connectivity index (χ4v) is 3.55. The van der Waals surface area contributed by atoms with Crippen LogP contribution in [0.25, 0.3) is 11.0 Å². The number of H-pyrrole nitrogens is 1. The van der Waals surface area contributed by atoms with Crippen LogP contribution in [0.1, 0.15) is 27.4 Å². The van der Waals surface area contributed by atoms with Gasteiger partial charge in [-0.05, 0) is 36.8 Å². The summed E-state index contributed by atoms with van der Waals surface area (Å²) in [4.78, 5) is 25.6. The Morgan fingerprint density at radius 2 is 2.21 bits per heavy atom. The molecule has 1 N–H and O–H groups in total. The zero-order valence-corrected chi connectivity index (χ0v) is 16.4. The van der Waals surface area contributed by atoms with Crippen molar-refractivity contribution in [3.05, 3.63) is 59.2 Å². The number of pyridine rings is 1. The smallest absolute Gasteiger partial charge is 0.337 e. The van der Waals surface area contributed by atoms with E-state index in [2.05, 4.69) is 15.0 Å². The summed E-state index contributed by atoms with van der Waals surface area (Å²) >= 11 is 0. The minimum Gasteiger partial charge on any atom is -0.465 e. The minimum absolute atomic E-state index is 0.170. The van der Waals surface area contributed by atoms with Gasteiger partial charge in [-0.15, -0.1) is 0 Å². The van der Waals surface area contributed by atoms with Crippen molar-refractivity contribution in [1.29, 1.82) is 0 Å². The highest BCUT2D eigenvalue weighted by Crippen LogP contribution is 2.21. The quantitative estimate of drug-likeness (QED) is 0.643. The Kier molecular flexibility index (Phi) is 5.55. The van der Waals surface area contributed by atoms with Crippen LogP contribution in [-0.4, -0.2) is 58.3 Å². The Hall–Kier alpha value is -2.84. The number of alkyl halides is 1. The lowest BCUT2D eigenvalue weighted by atomic mass is 10.2. The van der Waals surface area contributed by atoms with Crippen LogP contribution in [0.4, 0.5) is 4.39 Å². The molecule has 3 aromatic rings. The van der Waals surface area contributed by atoms with Gasteiger partial charge in [0.05, 0.1) is 29.4 Å². The van der Waals surface area contributed by atoms with Crippen LogP contribution in [0.3, 0.4) is 0 Å². The summed E-state index contributed by atoms with van der Waals surface area (Å²) in [6, 6.07) is 8.99. The normalized spacial score (nSPS) is 19.7. The molecule has 0 unspecified atom stereocenters. The van der Waals surface area contributed by atoms with Gasteiger partial charge in [0, 0.05) is 25.8 Å². The number of nitrogens with one attached hydrogen (secondary N) is 1. The first-order valence-corrected chi connectivity index (χ1v) is 9.49. The van der Waals surface area contributed by atoms with Crippen molar-refractivity contribution in [2.45, 2.75) is 32.4 Å². The molecule has 1 fully saturated rings. The largest absolute Gasteiger partial charge is 0.465 e. The van der Waals surface area contributed by atoms with Gasteiger partial charge in [-0.25, -0.2) is 14.2 Å². The van der Waals surface area contributed by atoms with Crippen LogP contribution in [0.5, 0.6) is 0 Å². The number of hydrogen-bond donors (Lipinski definition) is 1. The van der Waals surface area contributed by atoms with E-state index in [0.717, 1.165) is 11.3 Å². The monoisotopic (exact) mass is 398 g/mol. The Balaban J connectivity index is 1.37. The Bertz CT molecular complexity index is 1020. The number of likely N-dealkylation sites (tertiary alicyclic amines) is 1. The molecule has 29 heavy (non-hydrogen) atoms. The number of aryl methyl sites for hydroxylation is 1. The number of imidazole rings is 1. The van der Waals surface area contributed by atoms with Crippen LogP contribution in [0, 0.1) is 6.92 Å². The number of aromatic amines is 1. The van der Waals surface area contributed by atoms with E-state index in [1.165, 1.54) is 7.11 Å². The van der Waals surface area contributed by atoms with Crippen LogP contribution in [0.15, 0.2) is 36.5 Å². The van der Waals surface area contributed by atoms with E-state index >= 15 is 0 Å². The number of halogens is 1. The fourth-order valence-electron chi connectivity index (χ4n) is 3.55. The molecule has 0 amide bonds. The maximum absolute atomic E-state index is 14.5. The third-order valence-corrected chi connectivity index (χ3v) is 5.15. The van der Waals surface area contributed by atoms with Crippen molar-refractivity contribution < 1.29 is 18.7 Å². The van der Waals surface area contributed by atoms with E-state index in [4.69, 9.17) is 9.47 Å². The highest BCUT2D eigenvalue weighted by atomic mass is 19.1. The number of aromatic nitrogens is 3. The standard InChI is InChI=1S/C21H23FN4O3/c1-13-4-3-7-23-18(13)10-26-9-15(22)19(11-26)29-12-20-24-16-6-5-14(21(27)28-2)8-17(16)25-20/h3-8,15,19H,9-12H2,1-2H3,(H,24,25)/t15-,19+/m1/s1. The highest BCUT2D eigenvalue weighted by Gasteiger charge is 2.34. The lowest BCUT2D eigenvalue weighted by molar-refractivity contribution is 0.00861. The summed E-state index contributed by atoms with van der Waals surface area (Å²) in [5.74, 6) is 0.182. The zero-order valence-electron chi connectivity index (χ0n) is 16.4. The fraction of sp³-hybridized carbons (Fsp3) is 0.381. The van der Waals surface area contributed by atoms with Gasteiger partial charge in [0.15, 0.2) is 0 Å². The summed E-state index contributed by atoms with van der Waals surface area (Å²) in [5, 5.41) is 0. The molecule has 7 nitrogen and oxygen atoms in total. The average Bonchev–Trinajstić information content (AvgIpc) is 3.29. The number of esters is 1. The van der Waals surface area contributed by atoms with Crippen LogP contribution < -0.4 is 0 Å². The van der Waals surface area contributed by atoms with Gasteiger partial charge in [0.1, 0.15) is 24.7 Å². The number of benzene rings is 1. The van der Waals surface area contributed by atoms with Gasteiger partial charge < -0.3 is 14.5 Å². The predicted octanol–water partition coefficient (Wildman–Crippen LogP) is 2.79. The van der Waals surface area contributed by atoms with E-state index in [-0.39, 0.29) is 6.61 Å². The third-order valence-electron chi connectivity index (χ3n) is 5.15. The van der Waals surface area contributed by atoms with Gasteiger partial charge in [-0.3, -0.25) is 9.88 Å². The number of methoxy groups -OCH3 is 1. The van der Waals surface area contributed by atoms with E-state index in [1.807, 2.05) is 24.0 Å². The maximum atomic E-state index is 14.5. The molecule has 2 atom stereocenters. The van der Waals surface area contributed by atoms with Crippen molar-refractivity contribution in [2.24, 2.45) is 0 Å². The van der Waals surface area contributed by atoms with E-state index in [1.54, 1.807) is 24.4 Å². The molecule has 0 saturated carbocycles. The highest BCUT2D eigenvalue weighted by molar-refractivity contribution is 5.93. The summed E-state index contributed by atoms with van der Waals surface area (Å²) in [7, 11) is 1.34. The van der Waals surface area contributed by atoms with Gasteiger partial charge in [0.25, 0.3) is 0 Å². The van der Waals surface area contributed by atoms with Gasteiger partial charge >= 0.3 is 5.97 Å². The molecule has 0 radical (unpaired) electrons. The summed E-state index contributed by atoms with van der Waals surface area (Å²) in [6.07, 6.45) is 0.180. The van der Waals surface area contributed by atoms with Crippen LogP contribution in [0.2, 0.25) is 0 Å². The Labute approximate surface area is 167 Å². The molecule has 1 saturated heterocycles. The zero-order chi connectivity index (χ0) is 20.4. The lowest BCUT2D eigenvalue weighted by Gasteiger charge is -2.16. The molecule has 0 bridgehead atoms. The molecule has 8 heteroatoms. The number of nitrogens with zero attached hydrogens (tertiary/aromatic N) is 3. The molecular formula is C21H23FN4O3. The number of rotatable bonds is 6. The summed E-state index contributed by atoms with van der Waals surface area (Å²) in [6.45, 7) is 3.61. The van der Waals surface area contributed by atoms with E-state index in [0.29, 0.717) is 42.1 Å². The minimum atomic E-state index is -1.06. The SMILES string of the molecule is COC(=O)c1ccc2nc(CO[C@H]3CN(Cc4ncccc4C)C[C@H]3F)[nH]c2c1. The molecule has 1 aliphatic rings. The van der Waals surface area contributed by atoms with Crippen LogP contribution in [-0.2, 0) is 22.6 Å². The third kappa shape index (κ3) is 4.28. The van der Waals surface area contributed by atoms with Crippen molar-refractivity contribution in [3.8, 4) is 0 Å². The first-order valence-electron chi connectivity index (χ1n) is 9.49. The number of fused-ring (bicyclic) bond motifs is 1. The molecule has 1 aromatic carbocycles. The Morgan fingerprint density at radius 3 is 3.00 bits per heavy atom. The van der Waals surface area contributed by atoms with Gasteiger partial charge in [-0.2, -0.15) is 0 Å². The number of carbonyl (C=O) groups excluding carboxylic acids is 1. The van der Waals surface area contributed by atoms with Crippen molar-refractivity contribution >= 4 is 17.0 Å². The van der Waals surface area contributed by atoms with Crippen molar-refractivity contribution in [3.63, 3.8) is 0 Å². The van der Waals surface area contributed by atoms with E-state index in [9.17, 15) is 9.18 Å². The maximum Gasteiger partial charge on any atom is 0.337 e. The molecule has 0 spiro atoms. The number of carbonyl (C=O) groups is 1. The van der Waals surface area contributed by atoms with Gasteiger partial charge in [-0.1, -0.05) is 6.07 Å². The first-order chi connectivity index (χ1) is 14.0. The molecule has 0 aliphatic carbocycles. The van der Waals surface area contributed by atoms with Gasteiger partial charge in [0.2, 0.25) is 0 Å². The molecule has 3 heterocycles. The molecule has 2 aromatic heterocycles. The molecule has 152 valence electrons. The van der Waals surface area contributed by atoms with Crippen molar-refractivity contribution in [1.82, 2.24) is 19.9 Å². The lowest BCUT2D eigenvalue weighted by Crippen LogP contribution is -2.25. The average molecular weight is 398 g/mol. The predicted molar refractivity (Wildman–Crippen MR) is 105 cm³/mol.